The lowest BCUT2D eigenvalue weighted by Gasteiger charge is -2.26. The number of aromatic nitrogens is 2. The van der Waals surface area contributed by atoms with Gasteiger partial charge in [0.1, 0.15) is 6.07 Å². The van der Waals surface area contributed by atoms with Gasteiger partial charge < -0.3 is 20.4 Å². The van der Waals surface area contributed by atoms with Crippen LogP contribution in [0.3, 0.4) is 0 Å². The number of nitrogens with one attached hydrogen (secondary N) is 3. The predicted octanol–water partition coefficient (Wildman–Crippen LogP) is 5.39. The quantitative estimate of drug-likeness (QED) is 0.264. The second-order valence-corrected chi connectivity index (χ2v) is 9.67. The van der Waals surface area contributed by atoms with Gasteiger partial charge in [-0.25, -0.2) is 0 Å². The fraction of sp³-hybridized carbons (Fsp3) is 0.290. The number of nitriles is 1. The van der Waals surface area contributed by atoms with Crippen molar-refractivity contribution in [2.24, 2.45) is 0 Å². The van der Waals surface area contributed by atoms with E-state index in [4.69, 9.17) is 4.74 Å². The minimum Gasteiger partial charge on any atom is -0.379 e. The Hall–Kier alpha value is -3.96. The lowest BCUT2D eigenvalue weighted by molar-refractivity contribution is 0.0384. The molecule has 194 valence electrons. The van der Waals surface area contributed by atoms with E-state index in [0.717, 1.165) is 90.6 Å². The van der Waals surface area contributed by atoms with E-state index >= 15 is 0 Å². The van der Waals surface area contributed by atoms with Gasteiger partial charge in [0.15, 0.2) is 0 Å². The Bertz CT molecular complexity index is 1460. The van der Waals surface area contributed by atoms with Crippen molar-refractivity contribution < 1.29 is 4.74 Å². The number of aromatic amines is 1. The third kappa shape index (κ3) is 5.95. The summed E-state index contributed by atoms with van der Waals surface area (Å²) in [7, 11) is 0. The SMILES string of the molecule is Cc1ncc(C#N)c(Nc2ccc3[nH]ccc3c2C)c1/C=C/c1ccc(CNCCN2CCOCC2)cc1. The number of rotatable bonds is 9. The zero-order valence-corrected chi connectivity index (χ0v) is 22.1. The highest BCUT2D eigenvalue weighted by Gasteiger charge is 2.14. The van der Waals surface area contributed by atoms with Gasteiger partial charge in [-0.3, -0.25) is 9.88 Å². The maximum atomic E-state index is 9.83. The molecule has 1 fully saturated rings. The number of nitrogens with zero attached hydrogens (tertiary/aromatic N) is 3. The van der Waals surface area contributed by atoms with Crippen molar-refractivity contribution in [3.63, 3.8) is 0 Å². The number of ether oxygens (including phenoxy) is 1. The van der Waals surface area contributed by atoms with E-state index in [9.17, 15) is 5.26 Å². The number of pyridine rings is 1. The summed E-state index contributed by atoms with van der Waals surface area (Å²) in [6.07, 6.45) is 7.71. The fourth-order valence-corrected chi connectivity index (χ4v) is 4.82. The highest BCUT2D eigenvalue weighted by atomic mass is 16.5. The smallest absolute Gasteiger partial charge is 0.103 e. The fourth-order valence-electron chi connectivity index (χ4n) is 4.82. The highest BCUT2D eigenvalue weighted by molar-refractivity contribution is 5.90. The first-order valence-electron chi connectivity index (χ1n) is 13.1. The Morgan fingerprint density at radius 3 is 2.68 bits per heavy atom. The van der Waals surface area contributed by atoms with Gasteiger partial charge in [-0.05, 0) is 48.7 Å². The van der Waals surface area contributed by atoms with Crippen LogP contribution in [0.1, 0.15) is 33.5 Å². The third-order valence-electron chi connectivity index (χ3n) is 7.16. The van der Waals surface area contributed by atoms with Crippen LogP contribution >= 0.6 is 0 Å². The molecule has 7 heteroatoms. The number of hydrogen-bond acceptors (Lipinski definition) is 6. The Morgan fingerprint density at radius 1 is 1.08 bits per heavy atom. The van der Waals surface area contributed by atoms with Crippen LogP contribution in [-0.2, 0) is 11.3 Å². The molecule has 0 bridgehead atoms. The topological polar surface area (TPSA) is 89.0 Å². The van der Waals surface area contributed by atoms with Crippen LogP contribution in [-0.4, -0.2) is 54.3 Å². The second kappa shape index (κ2) is 12.1. The third-order valence-corrected chi connectivity index (χ3v) is 7.16. The summed E-state index contributed by atoms with van der Waals surface area (Å²) >= 11 is 0. The van der Waals surface area contributed by atoms with E-state index < -0.39 is 0 Å². The molecule has 4 aromatic rings. The molecule has 3 heterocycles. The Kier molecular flexibility index (Phi) is 8.15. The molecule has 0 amide bonds. The highest BCUT2D eigenvalue weighted by Crippen LogP contribution is 2.32. The average molecular weight is 507 g/mol. The van der Waals surface area contributed by atoms with Crippen molar-refractivity contribution in [2.45, 2.75) is 20.4 Å². The first-order valence-corrected chi connectivity index (χ1v) is 13.1. The van der Waals surface area contributed by atoms with Crippen molar-refractivity contribution in [1.29, 1.82) is 5.26 Å². The summed E-state index contributed by atoms with van der Waals surface area (Å²) in [4.78, 5) is 10.2. The number of fused-ring (bicyclic) bond motifs is 1. The van der Waals surface area contributed by atoms with Crippen LogP contribution < -0.4 is 10.6 Å². The van der Waals surface area contributed by atoms with E-state index in [-0.39, 0.29) is 0 Å². The van der Waals surface area contributed by atoms with Gasteiger partial charge in [0.05, 0.1) is 24.5 Å². The molecule has 1 aliphatic heterocycles. The summed E-state index contributed by atoms with van der Waals surface area (Å²) < 4.78 is 5.41. The molecule has 38 heavy (non-hydrogen) atoms. The zero-order chi connectivity index (χ0) is 26.3. The molecule has 0 spiro atoms. The van der Waals surface area contributed by atoms with E-state index in [0.29, 0.717) is 5.56 Å². The van der Waals surface area contributed by atoms with Gasteiger partial charge in [-0.2, -0.15) is 5.26 Å². The number of benzene rings is 2. The molecule has 7 nitrogen and oxygen atoms in total. The molecule has 0 unspecified atom stereocenters. The summed E-state index contributed by atoms with van der Waals surface area (Å²) in [6.45, 7) is 10.6. The van der Waals surface area contributed by atoms with Crippen molar-refractivity contribution >= 4 is 34.4 Å². The van der Waals surface area contributed by atoms with Crippen LogP contribution in [0.15, 0.2) is 54.9 Å². The van der Waals surface area contributed by atoms with Gasteiger partial charge in [0.25, 0.3) is 0 Å². The predicted molar refractivity (Wildman–Crippen MR) is 154 cm³/mol. The Morgan fingerprint density at radius 2 is 1.89 bits per heavy atom. The largest absolute Gasteiger partial charge is 0.379 e. The molecular formula is C31H34N6O. The molecule has 5 rings (SSSR count). The van der Waals surface area contributed by atoms with Gasteiger partial charge in [-0.15, -0.1) is 0 Å². The summed E-state index contributed by atoms with van der Waals surface area (Å²) in [5.74, 6) is 0. The van der Waals surface area contributed by atoms with Crippen molar-refractivity contribution in [3.05, 3.63) is 88.4 Å². The normalized spacial score (nSPS) is 14.2. The number of anilines is 2. The molecule has 0 radical (unpaired) electrons. The molecule has 1 saturated heterocycles. The Labute approximate surface area is 224 Å². The number of H-pyrrole nitrogens is 1. The summed E-state index contributed by atoms with van der Waals surface area (Å²) in [6, 6.07) is 17.1. The van der Waals surface area contributed by atoms with Crippen molar-refractivity contribution in [1.82, 2.24) is 20.2 Å². The summed E-state index contributed by atoms with van der Waals surface area (Å²) in [5, 5.41) is 18.1. The molecule has 0 saturated carbocycles. The zero-order valence-electron chi connectivity index (χ0n) is 22.1. The van der Waals surface area contributed by atoms with Gasteiger partial charge in [-0.1, -0.05) is 36.4 Å². The van der Waals surface area contributed by atoms with Gasteiger partial charge in [0, 0.05) is 73.0 Å². The monoisotopic (exact) mass is 506 g/mol. The Balaban J connectivity index is 1.28. The molecule has 3 N–H and O–H groups in total. The maximum Gasteiger partial charge on any atom is 0.103 e. The molecule has 0 aliphatic carbocycles. The maximum absolute atomic E-state index is 9.83. The molecule has 2 aromatic carbocycles. The lowest BCUT2D eigenvalue weighted by atomic mass is 10.0. The van der Waals surface area contributed by atoms with Crippen LogP contribution in [0.25, 0.3) is 23.1 Å². The second-order valence-electron chi connectivity index (χ2n) is 9.67. The van der Waals surface area contributed by atoms with E-state index in [1.165, 1.54) is 5.56 Å². The molecular weight excluding hydrogens is 472 g/mol. The van der Waals surface area contributed by atoms with Crippen LogP contribution in [0.2, 0.25) is 0 Å². The minimum atomic E-state index is 0.516. The first kappa shape index (κ1) is 25.7. The average Bonchev–Trinajstić information content (AvgIpc) is 3.43. The number of morpholine rings is 1. The number of hydrogen-bond donors (Lipinski definition) is 3. The van der Waals surface area contributed by atoms with Gasteiger partial charge in [0.2, 0.25) is 0 Å². The molecule has 1 aliphatic rings. The number of aryl methyl sites for hydroxylation is 2. The van der Waals surface area contributed by atoms with Crippen LogP contribution in [0, 0.1) is 25.2 Å². The van der Waals surface area contributed by atoms with Gasteiger partial charge >= 0.3 is 0 Å². The standard InChI is InChI=1S/C31H34N6O/c1-22-27-11-12-34-30(27)10-9-29(22)36-31-26(19-32)21-35-23(2)28(31)8-7-24-3-5-25(6-4-24)20-33-13-14-37-15-17-38-18-16-37/h3-12,21,33-34H,13-18,20H2,1-2H3,(H,35,36)/b8-7+. The first-order chi connectivity index (χ1) is 18.6. The minimum absolute atomic E-state index is 0.516. The van der Waals surface area contributed by atoms with Crippen LogP contribution in [0.4, 0.5) is 11.4 Å². The van der Waals surface area contributed by atoms with E-state index in [1.807, 2.05) is 25.3 Å². The lowest BCUT2D eigenvalue weighted by Crippen LogP contribution is -2.40. The van der Waals surface area contributed by atoms with Crippen LogP contribution in [0.5, 0.6) is 0 Å². The van der Waals surface area contributed by atoms with E-state index in [1.54, 1.807) is 6.20 Å². The van der Waals surface area contributed by atoms with Crippen molar-refractivity contribution in [2.75, 3.05) is 44.7 Å². The molecule has 2 aromatic heterocycles. The van der Waals surface area contributed by atoms with Crippen molar-refractivity contribution in [3.8, 4) is 6.07 Å². The van der Waals surface area contributed by atoms with E-state index in [2.05, 4.69) is 81.0 Å². The summed E-state index contributed by atoms with van der Waals surface area (Å²) in [5.41, 5.74) is 8.61. The molecule has 0 atom stereocenters.